The van der Waals surface area contributed by atoms with Crippen molar-refractivity contribution < 1.29 is 0 Å². The van der Waals surface area contributed by atoms with Crippen molar-refractivity contribution in [2.45, 2.75) is 38.9 Å². The van der Waals surface area contributed by atoms with Gasteiger partial charge in [0.1, 0.15) is 8.07 Å². The maximum absolute atomic E-state index is 6.24. The molecule has 0 unspecified atom stereocenters. The van der Waals surface area contributed by atoms with Crippen LogP contribution in [-0.4, -0.2) is 8.07 Å². The molecule has 2 heteroatoms. The largest absolute Gasteiger partial charge is 0.138 e. The molecule has 0 saturated heterocycles. The Bertz CT molecular complexity index is 439. The summed E-state index contributed by atoms with van der Waals surface area (Å²) in [4.78, 5) is 0. The molecule has 1 aromatic rings. The normalized spacial score (nSPS) is 11.9. The van der Waals surface area contributed by atoms with Gasteiger partial charge in [0.05, 0.1) is 5.03 Å². The first kappa shape index (κ1) is 15.1. The van der Waals surface area contributed by atoms with Crippen molar-refractivity contribution in [3.8, 4) is 11.5 Å². The number of rotatable bonds is 4. The summed E-state index contributed by atoms with van der Waals surface area (Å²) in [5.74, 6) is 3.20. The molecule has 0 aliphatic carbocycles. The molecule has 0 radical (unpaired) electrons. The summed E-state index contributed by atoms with van der Waals surface area (Å²) in [5.41, 5.74) is 4.54. The molecular formula is C16H21ClSi. The Morgan fingerprint density at radius 2 is 1.67 bits per heavy atom. The van der Waals surface area contributed by atoms with Crippen molar-refractivity contribution >= 4 is 24.7 Å². The number of halogens is 1. The number of benzene rings is 1. The summed E-state index contributed by atoms with van der Waals surface area (Å²) in [6.45, 7) is 6.78. The Labute approximate surface area is 117 Å². The molecule has 0 aliphatic heterocycles. The van der Waals surface area contributed by atoms with Gasteiger partial charge in [-0.3, -0.25) is 0 Å². The average Bonchev–Trinajstić information content (AvgIpc) is 2.45. The smallest absolute Gasteiger partial charge is 0.126 e. The van der Waals surface area contributed by atoms with E-state index < -0.39 is 8.07 Å². The third kappa shape index (κ3) is 4.05. The second-order valence-electron chi connectivity index (χ2n) is 4.47. The Kier molecular flexibility index (Phi) is 6.25. The van der Waals surface area contributed by atoms with Gasteiger partial charge in [0.25, 0.3) is 0 Å². The zero-order chi connectivity index (χ0) is 13.4. The van der Waals surface area contributed by atoms with Gasteiger partial charge in [-0.1, -0.05) is 68.6 Å². The van der Waals surface area contributed by atoms with Crippen molar-refractivity contribution in [3.05, 3.63) is 42.0 Å². The highest BCUT2D eigenvalue weighted by atomic mass is 35.5. The fraction of sp³-hybridized carbons (Fsp3) is 0.375. The zero-order valence-corrected chi connectivity index (χ0v) is 13.2. The number of allylic oxidation sites excluding steroid dienone is 1. The third-order valence-corrected chi connectivity index (χ3v) is 8.68. The minimum absolute atomic E-state index is 0.731. The molecule has 0 amide bonds. The van der Waals surface area contributed by atoms with Crippen LogP contribution in [0.4, 0.5) is 0 Å². The second kappa shape index (κ2) is 7.46. The third-order valence-electron chi connectivity index (χ3n) is 3.62. The van der Waals surface area contributed by atoms with E-state index in [9.17, 15) is 0 Å². The molecule has 0 N–H and O–H groups in total. The zero-order valence-electron chi connectivity index (χ0n) is 11.5. The van der Waals surface area contributed by atoms with E-state index in [4.69, 9.17) is 11.6 Å². The number of hydrogen-bond acceptors (Lipinski definition) is 0. The summed E-state index contributed by atoms with van der Waals surface area (Å²) in [5, 5.41) is 0.731. The molecule has 1 aromatic carbocycles. The van der Waals surface area contributed by atoms with Crippen LogP contribution in [-0.2, 0) is 0 Å². The summed E-state index contributed by atoms with van der Waals surface area (Å²) in [7, 11) is -1.35. The van der Waals surface area contributed by atoms with Crippen LogP contribution in [0.3, 0.4) is 0 Å². The molecule has 1 rings (SSSR count). The molecule has 0 nitrogen and oxygen atoms in total. The molecule has 0 bridgehead atoms. The molecule has 0 aliphatic rings. The molecule has 96 valence electrons. The lowest BCUT2D eigenvalue weighted by Gasteiger charge is -2.19. The molecule has 0 saturated carbocycles. The van der Waals surface area contributed by atoms with E-state index >= 15 is 0 Å². The van der Waals surface area contributed by atoms with E-state index in [1.165, 1.54) is 18.1 Å². The predicted octanol–water partition coefficient (Wildman–Crippen LogP) is 5.32. The lowest BCUT2D eigenvalue weighted by molar-refractivity contribution is 1.20. The second-order valence-corrected chi connectivity index (χ2v) is 9.81. The van der Waals surface area contributed by atoms with Crippen molar-refractivity contribution in [1.82, 2.24) is 0 Å². The quantitative estimate of drug-likeness (QED) is 0.516. The van der Waals surface area contributed by atoms with Gasteiger partial charge >= 0.3 is 0 Å². The van der Waals surface area contributed by atoms with Gasteiger partial charge in [-0.05, 0) is 23.7 Å². The van der Waals surface area contributed by atoms with Crippen molar-refractivity contribution in [3.63, 3.8) is 0 Å². The monoisotopic (exact) mass is 276 g/mol. The number of hydrogen-bond donors (Lipinski definition) is 0. The van der Waals surface area contributed by atoms with Crippen molar-refractivity contribution in [1.29, 1.82) is 0 Å². The van der Waals surface area contributed by atoms with Crippen LogP contribution in [0.5, 0.6) is 0 Å². The SMILES string of the molecule is CC[Si](C#C/C=C(\Cl)c1ccccc1)(CC)CC. The summed E-state index contributed by atoms with van der Waals surface area (Å²) < 4.78 is 0. The van der Waals surface area contributed by atoms with E-state index in [1.54, 1.807) is 0 Å². The molecule has 0 aromatic heterocycles. The highest BCUT2D eigenvalue weighted by Crippen LogP contribution is 2.20. The fourth-order valence-corrected chi connectivity index (χ4v) is 4.54. The Morgan fingerprint density at radius 3 is 2.17 bits per heavy atom. The first-order valence-electron chi connectivity index (χ1n) is 6.61. The van der Waals surface area contributed by atoms with E-state index in [-0.39, 0.29) is 0 Å². The summed E-state index contributed by atoms with van der Waals surface area (Å²) >= 11 is 6.24. The van der Waals surface area contributed by atoms with Crippen molar-refractivity contribution in [2.75, 3.05) is 0 Å². The minimum atomic E-state index is -1.35. The maximum Gasteiger partial charge on any atom is 0.138 e. The van der Waals surface area contributed by atoms with E-state index in [0.29, 0.717) is 0 Å². The Hall–Kier alpha value is -0.973. The Balaban J connectivity index is 2.87. The fourth-order valence-electron chi connectivity index (χ4n) is 1.95. The first-order chi connectivity index (χ1) is 8.67. The van der Waals surface area contributed by atoms with Gasteiger partial charge in [0.15, 0.2) is 0 Å². The topological polar surface area (TPSA) is 0 Å². The van der Waals surface area contributed by atoms with E-state index in [1.807, 2.05) is 36.4 Å². The molecule has 0 atom stereocenters. The van der Waals surface area contributed by atoms with Gasteiger partial charge < -0.3 is 0 Å². The molecule has 0 fully saturated rings. The predicted molar refractivity (Wildman–Crippen MR) is 85.2 cm³/mol. The van der Waals surface area contributed by atoms with Gasteiger partial charge in [0.2, 0.25) is 0 Å². The van der Waals surface area contributed by atoms with E-state index in [2.05, 4.69) is 32.2 Å². The van der Waals surface area contributed by atoms with Gasteiger partial charge in [-0.25, -0.2) is 0 Å². The van der Waals surface area contributed by atoms with Crippen LogP contribution in [0.2, 0.25) is 18.1 Å². The van der Waals surface area contributed by atoms with Crippen LogP contribution < -0.4 is 0 Å². The van der Waals surface area contributed by atoms with Gasteiger partial charge in [-0.15, -0.1) is 5.54 Å². The standard InChI is InChI=1S/C16H21ClSi/c1-4-18(5-2,6-3)14-10-13-16(17)15-11-8-7-9-12-15/h7-9,11-13H,4-6H2,1-3H3/b16-13-. The van der Waals surface area contributed by atoms with Crippen LogP contribution in [0.1, 0.15) is 26.3 Å². The van der Waals surface area contributed by atoms with Crippen LogP contribution >= 0.6 is 11.6 Å². The van der Waals surface area contributed by atoms with Gasteiger partial charge in [-0.2, -0.15) is 0 Å². The summed E-state index contributed by atoms with van der Waals surface area (Å²) in [6, 6.07) is 13.7. The molecule has 0 heterocycles. The first-order valence-corrected chi connectivity index (χ1v) is 9.61. The van der Waals surface area contributed by atoms with Crippen molar-refractivity contribution in [2.24, 2.45) is 0 Å². The van der Waals surface area contributed by atoms with Gasteiger partial charge in [0, 0.05) is 6.08 Å². The van der Waals surface area contributed by atoms with Crippen LogP contribution in [0.25, 0.3) is 5.03 Å². The highest BCUT2D eigenvalue weighted by molar-refractivity contribution is 6.87. The van der Waals surface area contributed by atoms with Crippen LogP contribution in [0, 0.1) is 11.5 Å². The van der Waals surface area contributed by atoms with Crippen LogP contribution in [0.15, 0.2) is 36.4 Å². The molecular weight excluding hydrogens is 256 g/mol. The Morgan fingerprint density at radius 1 is 1.11 bits per heavy atom. The molecule has 18 heavy (non-hydrogen) atoms. The molecule has 0 spiro atoms. The summed E-state index contributed by atoms with van der Waals surface area (Å²) in [6.07, 6.45) is 1.85. The lowest BCUT2D eigenvalue weighted by atomic mass is 10.2. The lowest BCUT2D eigenvalue weighted by Crippen LogP contribution is -2.29. The average molecular weight is 277 g/mol. The highest BCUT2D eigenvalue weighted by Gasteiger charge is 2.23. The minimum Gasteiger partial charge on any atom is -0.126 e. The van der Waals surface area contributed by atoms with E-state index in [0.717, 1.165) is 10.6 Å². The maximum atomic E-state index is 6.24.